The average molecular weight is 421 g/mol. The van der Waals surface area contributed by atoms with E-state index in [1.807, 2.05) is 6.92 Å². The molecule has 0 N–H and O–H groups in total. The van der Waals surface area contributed by atoms with Gasteiger partial charge in [-0.25, -0.2) is 0 Å². The van der Waals surface area contributed by atoms with Crippen LogP contribution in [0.25, 0.3) is 0 Å². The van der Waals surface area contributed by atoms with Gasteiger partial charge in [0, 0.05) is 12.1 Å². The summed E-state index contributed by atoms with van der Waals surface area (Å²) in [6.07, 6.45) is 1.52. The van der Waals surface area contributed by atoms with Crippen LogP contribution < -0.4 is 9.84 Å². The third-order valence-electron chi connectivity index (χ3n) is 2.95. The molecule has 0 bridgehead atoms. The lowest BCUT2D eigenvalue weighted by atomic mass is 10.1. The van der Waals surface area contributed by atoms with Crippen molar-refractivity contribution in [3.63, 3.8) is 0 Å². The van der Waals surface area contributed by atoms with Crippen molar-refractivity contribution in [1.29, 1.82) is 0 Å². The van der Waals surface area contributed by atoms with Gasteiger partial charge in [-0.2, -0.15) is 5.10 Å². The van der Waals surface area contributed by atoms with Gasteiger partial charge in [-0.15, -0.1) is 0 Å². The number of rotatable bonds is 6. The van der Waals surface area contributed by atoms with Crippen LogP contribution in [-0.4, -0.2) is 28.1 Å². The van der Waals surface area contributed by atoms with E-state index in [1.54, 1.807) is 0 Å². The molecule has 0 unspecified atom stereocenters. The van der Waals surface area contributed by atoms with Crippen LogP contribution in [0.2, 0.25) is 10.0 Å². The topological polar surface area (TPSA) is 84.2 Å². The number of ether oxygens (including phenoxy) is 1. The molecule has 0 aliphatic heterocycles. The number of aliphatic carboxylic acids is 1. The van der Waals surface area contributed by atoms with E-state index < -0.39 is 12.6 Å². The summed E-state index contributed by atoms with van der Waals surface area (Å²) >= 11 is 15.5. The first-order chi connectivity index (χ1) is 10.9. The maximum Gasteiger partial charge on any atom is 0.213 e. The Bertz CT molecular complexity index is 776. The van der Waals surface area contributed by atoms with Crippen molar-refractivity contribution in [2.45, 2.75) is 13.5 Å². The standard InChI is InChI=1S/C14H11BrCl2N2O4/c1-2-19-13(8(15)5-18-19)14(22)7-3-4-9(12(17)11(7)16)23-6-10(20)21/h3-5H,2,6H2,1H3,(H,20,21)/p-1. The molecule has 2 rings (SSSR count). The number of ketones is 1. The van der Waals surface area contributed by atoms with Crippen LogP contribution in [0.4, 0.5) is 0 Å². The molecule has 0 spiro atoms. The quantitative estimate of drug-likeness (QED) is 0.669. The summed E-state index contributed by atoms with van der Waals surface area (Å²) in [5.41, 5.74) is 0.502. The van der Waals surface area contributed by atoms with Crippen molar-refractivity contribution in [3.05, 3.63) is 44.1 Å². The minimum absolute atomic E-state index is 0.0248. The van der Waals surface area contributed by atoms with Crippen LogP contribution >= 0.6 is 39.1 Å². The highest BCUT2D eigenvalue weighted by Crippen LogP contribution is 2.36. The second-order valence-corrected chi connectivity index (χ2v) is 6.00. The van der Waals surface area contributed by atoms with Gasteiger partial charge in [-0.1, -0.05) is 23.2 Å². The van der Waals surface area contributed by atoms with Crippen LogP contribution in [0.5, 0.6) is 5.75 Å². The molecule has 122 valence electrons. The third kappa shape index (κ3) is 3.68. The monoisotopic (exact) mass is 419 g/mol. The van der Waals surface area contributed by atoms with Gasteiger partial charge in [-0.05, 0) is 35.0 Å². The van der Waals surface area contributed by atoms with E-state index >= 15 is 0 Å². The molecule has 0 atom stereocenters. The van der Waals surface area contributed by atoms with Crippen LogP contribution in [0.15, 0.2) is 22.8 Å². The molecule has 0 fully saturated rings. The molecule has 9 heteroatoms. The van der Waals surface area contributed by atoms with Crippen molar-refractivity contribution >= 4 is 50.9 Å². The Morgan fingerprint density at radius 1 is 1.35 bits per heavy atom. The Morgan fingerprint density at radius 2 is 2.04 bits per heavy atom. The van der Waals surface area contributed by atoms with Crippen LogP contribution in [0, 0.1) is 0 Å². The minimum atomic E-state index is -1.40. The number of benzene rings is 1. The highest BCUT2D eigenvalue weighted by molar-refractivity contribution is 9.10. The largest absolute Gasteiger partial charge is 0.546 e. The van der Waals surface area contributed by atoms with Crippen molar-refractivity contribution in [2.24, 2.45) is 0 Å². The number of aryl methyl sites for hydroxylation is 1. The molecule has 1 heterocycles. The summed E-state index contributed by atoms with van der Waals surface area (Å²) < 4.78 is 7.02. The molecular formula is C14H10BrCl2N2O4-. The smallest absolute Gasteiger partial charge is 0.213 e. The fraction of sp³-hybridized carbons (Fsp3) is 0.214. The first-order valence-electron chi connectivity index (χ1n) is 6.43. The number of nitrogens with zero attached hydrogens (tertiary/aromatic N) is 2. The molecule has 0 saturated carbocycles. The number of carbonyl (C=O) groups excluding carboxylic acids is 2. The second kappa shape index (κ2) is 7.33. The lowest BCUT2D eigenvalue weighted by Crippen LogP contribution is -2.29. The highest BCUT2D eigenvalue weighted by atomic mass is 79.9. The van der Waals surface area contributed by atoms with Crippen molar-refractivity contribution in [2.75, 3.05) is 6.61 Å². The van der Waals surface area contributed by atoms with Gasteiger partial charge in [0.15, 0.2) is 0 Å². The molecule has 1 aromatic carbocycles. The molecule has 6 nitrogen and oxygen atoms in total. The lowest BCUT2D eigenvalue weighted by molar-refractivity contribution is -0.307. The zero-order chi connectivity index (χ0) is 17.1. The Kier molecular flexibility index (Phi) is 5.67. The van der Waals surface area contributed by atoms with Gasteiger partial charge in [0.2, 0.25) is 5.78 Å². The van der Waals surface area contributed by atoms with Crippen LogP contribution in [0.1, 0.15) is 23.0 Å². The van der Waals surface area contributed by atoms with Crippen LogP contribution in [-0.2, 0) is 11.3 Å². The molecule has 23 heavy (non-hydrogen) atoms. The summed E-state index contributed by atoms with van der Waals surface area (Å²) in [6.45, 7) is 1.68. The van der Waals surface area contributed by atoms with E-state index in [1.165, 1.54) is 23.0 Å². The minimum Gasteiger partial charge on any atom is -0.546 e. The van der Waals surface area contributed by atoms with E-state index in [9.17, 15) is 14.7 Å². The lowest BCUT2D eigenvalue weighted by Gasteiger charge is -2.12. The molecular weight excluding hydrogens is 411 g/mol. The molecule has 0 radical (unpaired) electrons. The van der Waals surface area contributed by atoms with E-state index in [0.717, 1.165) is 0 Å². The number of aromatic nitrogens is 2. The van der Waals surface area contributed by atoms with Crippen molar-refractivity contribution in [3.8, 4) is 5.75 Å². The van der Waals surface area contributed by atoms with E-state index in [-0.39, 0.29) is 27.1 Å². The summed E-state index contributed by atoms with van der Waals surface area (Å²) in [5, 5.41) is 14.4. The Balaban J connectivity index is 2.40. The molecule has 1 aromatic heterocycles. The summed E-state index contributed by atoms with van der Waals surface area (Å²) in [6, 6.07) is 2.80. The Hall–Kier alpha value is -1.57. The fourth-order valence-corrected chi connectivity index (χ4v) is 2.85. The normalized spacial score (nSPS) is 10.6. The average Bonchev–Trinajstić information content (AvgIpc) is 2.88. The first-order valence-corrected chi connectivity index (χ1v) is 7.98. The first kappa shape index (κ1) is 17.8. The predicted molar refractivity (Wildman–Crippen MR) is 86.0 cm³/mol. The maximum absolute atomic E-state index is 12.7. The molecule has 2 aromatic rings. The van der Waals surface area contributed by atoms with Crippen LogP contribution in [0.3, 0.4) is 0 Å². The Labute approximate surface area is 150 Å². The summed E-state index contributed by atoms with van der Waals surface area (Å²) in [4.78, 5) is 23.1. The number of carboxylic acids is 1. The number of halogens is 3. The molecule has 0 aliphatic rings. The summed E-state index contributed by atoms with van der Waals surface area (Å²) in [7, 11) is 0. The van der Waals surface area contributed by atoms with Gasteiger partial charge in [0.1, 0.15) is 23.1 Å². The van der Waals surface area contributed by atoms with Gasteiger partial charge in [-0.3, -0.25) is 9.48 Å². The predicted octanol–water partition coefficient (Wildman–Crippen LogP) is 2.33. The number of hydrogen-bond donors (Lipinski definition) is 0. The van der Waals surface area contributed by atoms with Crippen molar-refractivity contribution in [1.82, 2.24) is 9.78 Å². The van der Waals surface area contributed by atoms with Gasteiger partial charge < -0.3 is 14.6 Å². The highest BCUT2D eigenvalue weighted by Gasteiger charge is 2.23. The summed E-state index contributed by atoms with van der Waals surface area (Å²) in [5.74, 6) is -1.71. The Morgan fingerprint density at radius 3 is 2.65 bits per heavy atom. The van der Waals surface area contributed by atoms with Gasteiger partial charge in [0.25, 0.3) is 0 Å². The van der Waals surface area contributed by atoms with Gasteiger partial charge >= 0.3 is 0 Å². The molecule has 0 amide bonds. The number of hydrogen-bond acceptors (Lipinski definition) is 5. The SMILES string of the molecule is CCn1ncc(Br)c1C(=O)c1ccc(OCC(=O)[O-])c(Cl)c1Cl. The second-order valence-electron chi connectivity index (χ2n) is 4.39. The van der Waals surface area contributed by atoms with E-state index in [2.05, 4.69) is 21.0 Å². The molecule has 0 aliphatic carbocycles. The third-order valence-corrected chi connectivity index (χ3v) is 4.39. The zero-order valence-electron chi connectivity index (χ0n) is 11.8. The number of carboxylic acid groups (broad SMARTS) is 1. The number of carbonyl (C=O) groups is 2. The fourth-order valence-electron chi connectivity index (χ4n) is 1.91. The zero-order valence-corrected chi connectivity index (χ0v) is 14.9. The van der Waals surface area contributed by atoms with Gasteiger partial charge in [0.05, 0.1) is 21.7 Å². The van der Waals surface area contributed by atoms with E-state index in [4.69, 9.17) is 27.9 Å². The maximum atomic E-state index is 12.7. The van der Waals surface area contributed by atoms with E-state index in [0.29, 0.717) is 16.7 Å². The van der Waals surface area contributed by atoms with Crippen molar-refractivity contribution < 1.29 is 19.4 Å². The molecule has 0 saturated heterocycles.